The fourth-order valence-electron chi connectivity index (χ4n) is 5.42. The number of imidazole rings is 1. The predicted octanol–water partition coefficient (Wildman–Crippen LogP) is 1.99. The van der Waals surface area contributed by atoms with E-state index in [1.165, 1.54) is 9.13 Å². The van der Waals surface area contributed by atoms with Crippen molar-refractivity contribution in [2.45, 2.75) is 38.9 Å². The summed E-state index contributed by atoms with van der Waals surface area (Å²) in [5, 5.41) is 1.84. The van der Waals surface area contributed by atoms with Crippen LogP contribution in [0, 0.1) is 11.8 Å². The Morgan fingerprint density at radius 3 is 2.68 bits per heavy atom. The Morgan fingerprint density at radius 2 is 1.89 bits per heavy atom. The highest BCUT2D eigenvalue weighted by Gasteiger charge is 2.26. The summed E-state index contributed by atoms with van der Waals surface area (Å²) >= 11 is 0. The summed E-state index contributed by atoms with van der Waals surface area (Å²) in [5.74, 6) is 6.61. The van der Waals surface area contributed by atoms with Gasteiger partial charge in [-0.2, -0.15) is 4.98 Å². The number of anilines is 1. The fraction of sp³-hybridized carbons (Fsp3) is 0.321. The van der Waals surface area contributed by atoms with Crippen molar-refractivity contribution in [2.75, 3.05) is 18.0 Å². The van der Waals surface area contributed by atoms with Gasteiger partial charge in [-0.1, -0.05) is 30.2 Å². The summed E-state index contributed by atoms with van der Waals surface area (Å²) in [6.07, 6.45) is 5.18. The molecule has 0 radical (unpaired) electrons. The predicted molar refractivity (Wildman–Crippen MR) is 148 cm³/mol. The lowest BCUT2D eigenvalue weighted by molar-refractivity contribution is 0.496. The van der Waals surface area contributed by atoms with Gasteiger partial charge in [0, 0.05) is 44.0 Å². The molecule has 6 rings (SSSR count). The molecule has 2 aromatic carbocycles. The third kappa shape index (κ3) is 3.83. The summed E-state index contributed by atoms with van der Waals surface area (Å²) in [6.45, 7) is 3.55. The van der Waals surface area contributed by atoms with Gasteiger partial charge in [-0.3, -0.25) is 28.5 Å². The first-order valence-corrected chi connectivity index (χ1v) is 12.7. The molecule has 0 bridgehead atoms. The maximum absolute atomic E-state index is 14.0. The molecule has 0 aliphatic carbocycles. The van der Waals surface area contributed by atoms with E-state index < -0.39 is 11.2 Å². The quantitative estimate of drug-likeness (QED) is 0.291. The van der Waals surface area contributed by atoms with Gasteiger partial charge in [0.1, 0.15) is 0 Å². The van der Waals surface area contributed by atoms with Gasteiger partial charge >= 0.3 is 5.69 Å². The van der Waals surface area contributed by atoms with E-state index in [-0.39, 0.29) is 19.1 Å². The molecular weight excluding hydrogens is 480 g/mol. The molecule has 0 saturated carbocycles. The Balaban J connectivity index is 1.58. The van der Waals surface area contributed by atoms with Gasteiger partial charge in [0.05, 0.1) is 24.1 Å². The van der Waals surface area contributed by atoms with Crippen LogP contribution in [-0.2, 0) is 20.1 Å². The van der Waals surface area contributed by atoms with E-state index in [0.717, 1.165) is 41.2 Å². The van der Waals surface area contributed by atoms with Crippen LogP contribution in [-0.4, -0.2) is 47.8 Å². The van der Waals surface area contributed by atoms with Crippen LogP contribution in [0.3, 0.4) is 0 Å². The van der Waals surface area contributed by atoms with Crippen LogP contribution in [0.4, 0.5) is 5.95 Å². The third-order valence-corrected chi connectivity index (χ3v) is 7.26. The van der Waals surface area contributed by atoms with Crippen LogP contribution in [0.5, 0.6) is 0 Å². The lowest BCUT2D eigenvalue weighted by Crippen LogP contribution is -2.44. The van der Waals surface area contributed by atoms with Crippen LogP contribution in [0.2, 0.25) is 0 Å². The average Bonchev–Trinajstić information content (AvgIpc) is 3.33. The molecule has 2 N–H and O–H groups in total. The lowest BCUT2D eigenvalue weighted by Gasteiger charge is -2.31. The van der Waals surface area contributed by atoms with E-state index in [1.54, 1.807) is 26.4 Å². The Morgan fingerprint density at radius 1 is 1.11 bits per heavy atom. The van der Waals surface area contributed by atoms with Crippen molar-refractivity contribution < 1.29 is 0 Å². The fourth-order valence-corrected chi connectivity index (χ4v) is 5.42. The number of piperidine rings is 1. The molecular formula is C28H28N8O2. The molecule has 3 aromatic heterocycles. The van der Waals surface area contributed by atoms with Crippen LogP contribution >= 0.6 is 0 Å². The number of aromatic nitrogens is 6. The van der Waals surface area contributed by atoms with E-state index >= 15 is 0 Å². The SMILES string of the molecule is CC#CCn1c(N2CCC[C@@H](N)C2)nc2c1c(=O)n(Cc1cc3nccnc3c3ccccc13)c(=O)n2C. The van der Waals surface area contributed by atoms with Crippen LogP contribution in [0.1, 0.15) is 25.3 Å². The molecule has 0 spiro atoms. The monoisotopic (exact) mass is 508 g/mol. The Bertz CT molecular complexity index is 1890. The maximum Gasteiger partial charge on any atom is 0.332 e. The van der Waals surface area contributed by atoms with Gasteiger partial charge in [0.25, 0.3) is 5.56 Å². The minimum absolute atomic E-state index is 0.0269. The Kier molecular flexibility index (Phi) is 5.93. The molecule has 10 nitrogen and oxygen atoms in total. The third-order valence-electron chi connectivity index (χ3n) is 7.26. The van der Waals surface area contributed by atoms with Crippen LogP contribution in [0.15, 0.2) is 52.3 Å². The van der Waals surface area contributed by atoms with Crippen LogP contribution in [0.25, 0.3) is 33.0 Å². The molecule has 192 valence electrons. The zero-order chi connectivity index (χ0) is 26.4. The van der Waals surface area contributed by atoms with Crippen molar-refractivity contribution in [3.63, 3.8) is 0 Å². The van der Waals surface area contributed by atoms with Crippen molar-refractivity contribution in [1.29, 1.82) is 0 Å². The van der Waals surface area contributed by atoms with Crippen molar-refractivity contribution in [3.05, 3.63) is 69.1 Å². The first kappa shape index (κ1) is 23.9. The second kappa shape index (κ2) is 9.43. The van der Waals surface area contributed by atoms with E-state index in [2.05, 4.69) is 26.7 Å². The number of hydrogen-bond acceptors (Lipinski definition) is 7. The van der Waals surface area contributed by atoms with E-state index in [9.17, 15) is 9.59 Å². The molecule has 10 heteroatoms. The molecule has 1 aliphatic heterocycles. The van der Waals surface area contributed by atoms with Crippen molar-refractivity contribution in [1.82, 2.24) is 28.7 Å². The Hall–Kier alpha value is -4.49. The number of aryl methyl sites for hydroxylation is 1. The molecule has 1 saturated heterocycles. The van der Waals surface area contributed by atoms with Gasteiger partial charge in [-0.05, 0) is 36.8 Å². The molecule has 0 amide bonds. The topological polar surface area (TPSA) is 117 Å². The van der Waals surface area contributed by atoms with Crippen molar-refractivity contribution in [3.8, 4) is 11.8 Å². The largest absolute Gasteiger partial charge is 0.341 e. The number of rotatable bonds is 4. The zero-order valence-electron chi connectivity index (χ0n) is 21.4. The molecule has 38 heavy (non-hydrogen) atoms. The van der Waals surface area contributed by atoms with Crippen LogP contribution < -0.4 is 21.9 Å². The molecule has 4 heterocycles. The van der Waals surface area contributed by atoms with Gasteiger partial charge < -0.3 is 10.6 Å². The summed E-state index contributed by atoms with van der Waals surface area (Å²) in [7, 11) is 1.65. The molecule has 5 aromatic rings. The number of nitrogens with two attached hydrogens (primary N) is 1. The first-order chi connectivity index (χ1) is 18.5. The second-order valence-electron chi connectivity index (χ2n) is 9.68. The van der Waals surface area contributed by atoms with Gasteiger partial charge in [0.15, 0.2) is 11.2 Å². The highest BCUT2D eigenvalue weighted by Crippen LogP contribution is 2.27. The summed E-state index contributed by atoms with van der Waals surface area (Å²) in [6, 6.07) is 9.77. The van der Waals surface area contributed by atoms with Crippen molar-refractivity contribution >= 4 is 38.9 Å². The maximum atomic E-state index is 14.0. The highest BCUT2D eigenvalue weighted by molar-refractivity contribution is 6.05. The normalized spacial score (nSPS) is 15.8. The summed E-state index contributed by atoms with van der Waals surface area (Å²) < 4.78 is 4.55. The summed E-state index contributed by atoms with van der Waals surface area (Å²) in [5.41, 5.74) is 8.42. The zero-order valence-corrected chi connectivity index (χ0v) is 21.4. The second-order valence-corrected chi connectivity index (χ2v) is 9.68. The molecule has 1 atom stereocenters. The van der Waals surface area contributed by atoms with Gasteiger partial charge in [-0.15, -0.1) is 5.92 Å². The first-order valence-electron chi connectivity index (χ1n) is 12.7. The smallest absolute Gasteiger partial charge is 0.332 e. The number of nitrogens with zero attached hydrogens (tertiary/aromatic N) is 7. The summed E-state index contributed by atoms with van der Waals surface area (Å²) in [4.78, 5) is 43.4. The molecule has 1 aliphatic rings. The molecule has 1 fully saturated rings. The lowest BCUT2D eigenvalue weighted by atomic mass is 10.0. The minimum atomic E-state index is -0.432. The van der Waals surface area contributed by atoms with Gasteiger partial charge in [-0.25, -0.2) is 4.79 Å². The highest BCUT2D eigenvalue weighted by atomic mass is 16.2. The van der Waals surface area contributed by atoms with E-state index in [4.69, 9.17) is 10.7 Å². The van der Waals surface area contributed by atoms with Crippen molar-refractivity contribution in [2.24, 2.45) is 12.8 Å². The number of benzene rings is 2. The van der Waals surface area contributed by atoms with E-state index in [0.29, 0.717) is 29.2 Å². The van der Waals surface area contributed by atoms with E-state index in [1.807, 2.05) is 34.9 Å². The molecule has 0 unspecified atom stereocenters. The standard InChI is InChI=1S/C28H28N8O2/c1-3-4-14-35-24-25(32-27(35)34-13-7-8-19(29)17-34)33(2)28(38)36(26(24)37)16-18-15-22-23(31-12-11-30-22)21-10-6-5-9-20(18)21/h5-6,9-12,15,19H,7-8,13-14,16-17,29H2,1-2H3/t19-/m1/s1. The Labute approximate surface area is 218 Å². The number of hydrogen-bond donors (Lipinski definition) is 1. The average molecular weight is 509 g/mol. The number of fused-ring (bicyclic) bond motifs is 4. The van der Waals surface area contributed by atoms with Gasteiger partial charge in [0.2, 0.25) is 5.95 Å². The minimum Gasteiger partial charge on any atom is -0.341 e.